The van der Waals surface area contributed by atoms with E-state index in [2.05, 4.69) is 21.0 Å². The summed E-state index contributed by atoms with van der Waals surface area (Å²) < 4.78 is 11.5. The Morgan fingerprint density at radius 1 is 1.21 bits per heavy atom. The van der Waals surface area contributed by atoms with Gasteiger partial charge in [-0.2, -0.15) is 0 Å². The number of nitrogens with zero attached hydrogens (tertiary/aromatic N) is 3. The van der Waals surface area contributed by atoms with Crippen molar-refractivity contribution in [3.8, 4) is 11.6 Å². The van der Waals surface area contributed by atoms with Crippen LogP contribution in [0.4, 0.5) is 4.79 Å². The van der Waals surface area contributed by atoms with Crippen LogP contribution in [-0.4, -0.2) is 38.1 Å². The number of hydrogen-bond acceptors (Lipinski definition) is 5. The van der Waals surface area contributed by atoms with Gasteiger partial charge in [0, 0.05) is 28.7 Å². The van der Waals surface area contributed by atoms with Crippen LogP contribution in [0.1, 0.15) is 37.7 Å². The fourth-order valence-electron chi connectivity index (χ4n) is 3.33. The highest BCUT2D eigenvalue weighted by molar-refractivity contribution is 5.81. The number of aromatic nitrogens is 3. The molecule has 1 amide bonds. The highest BCUT2D eigenvalue weighted by Crippen LogP contribution is 2.30. The van der Waals surface area contributed by atoms with E-state index < -0.39 is 5.60 Å². The van der Waals surface area contributed by atoms with Crippen molar-refractivity contribution >= 4 is 17.0 Å². The van der Waals surface area contributed by atoms with Crippen LogP contribution in [0.15, 0.2) is 30.6 Å². The minimum Gasteiger partial charge on any atom is -0.444 e. The van der Waals surface area contributed by atoms with Gasteiger partial charge in [-0.15, -0.1) is 0 Å². The Bertz CT molecular complexity index is 1040. The molecule has 0 saturated heterocycles. The minimum absolute atomic E-state index is 0.326. The molecule has 7 heteroatoms. The molecule has 3 heterocycles. The first-order valence-corrected chi connectivity index (χ1v) is 9.36. The molecular weight excluding hydrogens is 356 g/mol. The quantitative estimate of drug-likeness (QED) is 0.715. The number of amides is 1. The fourth-order valence-corrected chi connectivity index (χ4v) is 3.33. The number of nitrogens with one attached hydrogen (secondary N) is 1. The maximum atomic E-state index is 12.4. The molecule has 0 radical (unpaired) electrons. The zero-order chi connectivity index (χ0) is 19.9. The number of aromatic amines is 1. The first-order chi connectivity index (χ1) is 13.3. The van der Waals surface area contributed by atoms with E-state index in [1.807, 2.05) is 45.9 Å². The number of aryl methyl sites for hydroxylation is 1. The number of fused-ring (bicyclic) bond motifs is 2. The third-order valence-electron chi connectivity index (χ3n) is 4.56. The van der Waals surface area contributed by atoms with E-state index in [1.165, 1.54) is 6.33 Å². The van der Waals surface area contributed by atoms with E-state index in [0.29, 0.717) is 25.4 Å². The van der Waals surface area contributed by atoms with Crippen LogP contribution >= 0.6 is 0 Å². The summed E-state index contributed by atoms with van der Waals surface area (Å²) in [6, 6.07) is 7.98. The summed E-state index contributed by atoms with van der Waals surface area (Å²) in [4.78, 5) is 26.0. The van der Waals surface area contributed by atoms with Crippen LogP contribution in [0.5, 0.6) is 11.6 Å². The summed E-state index contributed by atoms with van der Waals surface area (Å²) in [5.41, 5.74) is 3.39. The monoisotopic (exact) mass is 380 g/mol. The lowest BCUT2D eigenvalue weighted by atomic mass is 10.1. The van der Waals surface area contributed by atoms with Gasteiger partial charge in [-0.05, 0) is 58.4 Å². The van der Waals surface area contributed by atoms with Crippen LogP contribution in [0, 0.1) is 6.92 Å². The normalized spacial score (nSPS) is 14.1. The van der Waals surface area contributed by atoms with Gasteiger partial charge in [-0.1, -0.05) is 0 Å². The molecule has 0 fully saturated rings. The topological polar surface area (TPSA) is 80.3 Å². The molecule has 2 aromatic heterocycles. The van der Waals surface area contributed by atoms with E-state index >= 15 is 0 Å². The summed E-state index contributed by atoms with van der Waals surface area (Å²) in [7, 11) is 0. The average molecular weight is 380 g/mol. The summed E-state index contributed by atoms with van der Waals surface area (Å²) >= 11 is 0. The molecule has 0 spiro atoms. The second-order valence-corrected chi connectivity index (χ2v) is 8.06. The second kappa shape index (κ2) is 6.82. The lowest BCUT2D eigenvalue weighted by Crippen LogP contribution is -2.40. The van der Waals surface area contributed by atoms with Crippen LogP contribution in [-0.2, 0) is 17.7 Å². The van der Waals surface area contributed by atoms with Gasteiger partial charge in [0.2, 0.25) is 5.88 Å². The van der Waals surface area contributed by atoms with Gasteiger partial charge in [0.1, 0.15) is 17.7 Å². The van der Waals surface area contributed by atoms with Crippen LogP contribution in [0.3, 0.4) is 0 Å². The maximum absolute atomic E-state index is 12.4. The first kappa shape index (κ1) is 18.3. The Hall–Kier alpha value is -3.09. The summed E-state index contributed by atoms with van der Waals surface area (Å²) in [5.74, 6) is 1.27. The van der Waals surface area contributed by atoms with Gasteiger partial charge < -0.3 is 19.4 Å². The van der Waals surface area contributed by atoms with Crippen molar-refractivity contribution in [2.45, 2.75) is 46.3 Å². The molecule has 7 nitrogen and oxygen atoms in total. The lowest BCUT2D eigenvalue weighted by molar-refractivity contribution is 0.0219. The molecule has 0 saturated carbocycles. The van der Waals surface area contributed by atoms with Crippen molar-refractivity contribution in [3.63, 3.8) is 0 Å². The molecule has 1 aliphatic rings. The molecule has 4 rings (SSSR count). The third kappa shape index (κ3) is 3.78. The van der Waals surface area contributed by atoms with Gasteiger partial charge in [0.05, 0.1) is 12.2 Å². The standard InChI is InChI=1S/C21H24N4O3/c1-13-9-14-10-15(5-6-17(14)24-13)27-19-16-7-8-25(11-18(16)22-12-23-19)20(26)28-21(2,3)4/h5-6,9-10,12,24H,7-8,11H2,1-4H3. The predicted octanol–water partition coefficient (Wildman–Crippen LogP) is 4.35. The largest absolute Gasteiger partial charge is 0.444 e. The molecule has 146 valence electrons. The number of rotatable bonds is 2. The van der Waals surface area contributed by atoms with Gasteiger partial charge in [0.15, 0.2) is 0 Å². The molecule has 28 heavy (non-hydrogen) atoms. The highest BCUT2D eigenvalue weighted by atomic mass is 16.6. The smallest absolute Gasteiger partial charge is 0.410 e. The third-order valence-corrected chi connectivity index (χ3v) is 4.56. The maximum Gasteiger partial charge on any atom is 0.410 e. The molecule has 0 aliphatic carbocycles. The summed E-state index contributed by atoms with van der Waals surface area (Å²) in [5, 5.41) is 1.09. The number of carbonyl (C=O) groups excluding carboxylic acids is 1. The molecule has 1 aliphatic heterocycles. The van der Waals surface area contributed by atoms with E-state index in [4.69, 9.17) is 9.47 Å². The number of hydrogen-bond donors (Lipinski definition) is 1. The fraction of sp³-hybridized carbons (Fsp3) is 0.381. The van der Waals surface area contributed by atoms with Gasteiger partial charge >= 0.3 is 6.09 Å². The van der Waals surface area contributed by atoms with Crippen molar-refractivity contribution in [1.29, 1.82) is 0 Å². The molecule has 0 bridgehead atoms. The van der Waals surface area contributed by atoms with Crippen LogP contribution < -0.4 is 4.74 Å². The molecule has 0 atom stereocenters. The lowest BCUT2D eigenvalue weighted by Gasteiger charge is -2.30. The molecule has 1 N–H and O–H groups in total. The molecule has 1 aromatic carbocycles. The predicted molar refractivity (Wildman–Crippen MR) is 105 cm³/mol. The Morgan fingerprint density at radius 2 is 2.04 bits per heavy atom. The Kier molecular flexibility index (Phi) is 4.45. The van der Waals surface area contributed by atoms with Crippen molar-refractivity contribution in [1.82, 2.24) is 19.9 Å². The van der Waals surface area contributed by atoms with Crippen molar-refractivity contribution in [2.24, 2.45) is 0 Å². The van der Waals surface area contributed by atoms with Crippen molar-refractivity contribution < 1.29 is 14.3 Å². The molecule has 0 unspecified atom stereocenters. The van der Waals surface area contributed by atoms with Crippen molar-refractivity contribution in [3.05, 3.63) is 47.5 Å². The number of carbonyl (C=O) groups is 1. The average Bonchev–Trinajstić information content (AvgIpc) is 2.99. The SMILES string of the molecule is Cc1cc2cc(Oc3ncnc4c3CCN(C(=O)OC(C)(C)C)C4)ccc2[nH]1. The minimum atomic E-state index is -0.521. The Labute approximate surface area is 163 Å². The highest BCUT2D eigenvalue weighted by Gasteiger charge is 2.28. The molecular formula is C21H24N4O3. The Morgan fingerprint density at radius 3 is 2.82 bits per heavy atom. The number of H-pyrrole nitrogens is 1. The van der Waals surface area contributed by atoms with E-state index in [9.17, 15) is 4.79 Å². The second-order valence-electron chi connectivity index (χ2n) is 8.06. The van der Waals surface area contributed by atoms with Crippen LogP contribution in [0.25, 0.3) is 10.9 Å². The Balaban J connectivity index is 1.54. The number of benzene rings is 1. The number of ether oxygens (including phenoxy) is 2. The summed E-state index contributed by atoms with van der Waals surface area (Å²) in [6.07, 6.45) is 1.77. The van der Waals surface area contributed by atoms with E-state index in [0.717, 1.165) is 33.6 Å². The van der Waals surface area contributed by atoms with Gasteiger partial charge in [-0.25, -0.2) is 14.8 Å². The van der Waals surface area contributed by atoms with Crippen LogP contribution in [0.2, 0.25) is 0 Å². The zero-order valence-electron chi connectivity index (χ0n) is 16.6. The van der Waals surface area contributed by atoms with E-state index in [-0.39, 0.29) is 6.09 Å². The first-order valence-electron chi connectivity index (χ1n) is 9.36. The molecule has 3 aromatic rings. The van der Waals surface area contributed by atoms with Crippen molar-refractivity contribution in [2.75, 3.05) is 6.54 Å². The van der Waals surface area contributed by atoms with E-state index in [1.54, 1.807) is 4.90 Å². The zero-order valence-corrected chi connectivity index (χ0v) is 16.6. The van der Waals surface area contributed by atoms with Gasteiger partial charge in [-0.3, -0.25) is 0 Å². The van der Waals surface area contributed by atoms with Gasteiger partial charge in [0.25, 0.3) is 0 Å². The summed E-state index contributed by atoms with van der Waals surface area (Å²) in [6.45, 7) is 8.54.